The van der Waals surface area contributed by atoms with Gasteiger partial charge in [-0.25, -0.2) is 4.68 Å². The molecule has 0 unspecified atom stereocenters. The lowest BCUT2D eigenvalue weighted by Gasteiger charge is -2.14. The smallest absolute Gasteiger partial charge is 0.236 e. The molecule has 1 aromatic heterocycles. The Kier molecular flexibility index (Phi) is 5.51. The summed E-state index contributed by atoms with van der Waals surface area (Å²) in [7, 11) is 0. The van der Waals surface area contributed by atoms with Crippen molar-refractivity contribution in [3.8, 4) is 5.69 Å². The highest BCUT2D eigenvalue weighted by Gasteiger charge is 2.10. The monoisotopic (exact) mass is 286 g/mol. The SMILES string of the molecule is CCCNC(=O)[C@H](C)NCc1ccc(-n2cccn2)cc1. The molecule has 0 saturated heterocycles. The van der Waals surface area contributed by atoms with Gasteiger partial charge in [0.1, 0.15) is 0 Å². The van der Waals surface area contributed by atoms with E-state index in [-0.39, 0.29) is 11.9 Å². The van der Waals surface area contributed by atoms with E-state index < -0.39 is 0 Å². The van der Waals surface area contributed by atoms with Crippen LogP contribution in [-0.2, 0) is 11.3 Å². The molecule has 1 aromatic carbocycles. The number of hydrogen-bond donors (Lipinski definition) is 2. The molecule has 0 fully saturated rings. The van der Waals surface area contributed by atoms with E-state index >= 15 is 0 Å². The molecule has 0 radical (unpaired) electrons. The Morgan fingerprint density at radius 2 is 2.10 bits per heavy atom. The van der Waals surface area contributed by atoms with Crippen LogP contribution in [0.1, 0.15) is 25.8 Å². The second-order valence-corrected chi connectivity index (χ2v) is 5.01. The third kappa shape index (κ3) is 4.43. The maximum Gasteiger partial charge on any atom is 0.236 e. The standard InChI is InChI=1S/C16H22N4O/c1-3-9-17-16(21)13(2)18-12-14-5-7-15(8-6-14)20-11-4-10-19-20/h4-8,10-11,13,18H,3,9,12H2,1-2H3,(H,17,21)/t13-/m0/s1. The largest absolute Gasteiger partial charge is 0.355 e. The van der Waals surface area contributed by atoms with Crippen LogP contribution in [0, 0.1) is 0 Å². The number of amides is 1. The number of rotatable bonds is 7. The molecule has 21 heavy (non-hydrogen) atoms. The summed E-state index contributed by atoms with van der Waals surface area (Å²) in [6, 6.07) is 9.83. The van der Waals surface area contributed by atoms with Crippen molar-refractivity contribution in [2.24, 2.45) is 0 Å². The molecule has 0 spiro atoms. The summed E-state index contributed by atoms with van der Waals surface area (Å²) in [5.74, 6) is 0.0463. The van der Waals surface area contributed by atoms with E-state index in [1.54, 1.807) is 6.20 Å². The van der Waals surface area contributed by atoms with Crippen LogP contribution in [0.25, 0.3) is 5.69 Å². The topological polar surface area (TPSA) is 59.0 Å². The van der Waals surface area contributed by atoms with Gasteiger partial charge in [-0.3, -0.25) is 4.79 Å². The van der Waals surface area contributed by atoms with Crippen LogP contribution in [0.4, 0.5) is 0 Å². The highest BCUT2D eigenvalue weighted by atomic mass is 16.2. The van der Waals surface area contributed by atoms with Gasteiger partial charge in [0.2, 0.25) is 5.91 Å². The number of nitrogens with one attached hydrogen (secondary N) is 2. The fraction of sp³-hybridized carbons (Fsp3) is 0.375. The van der Waals surface area contributed by atoms with E-state index in [4.69, 9.17) is 0 Å². The quantitative estimate of drug-likeness (QED) is 0.817. The van der Waals surface area contributed by atoms with E-state index in [1.165, 1.54) is 0 Å². The van der Waals surface area contributed by atoms with Crippen LogP contribution in [-0.4, -0.2) is 28.3 Å². The lowest BCUT2D eigenvalue weighted by atomic mass is 10.2. The fourth-order valence-corrected chi connectivity index (χ4v) is 1.95. The summed E-state index contributed by atoms with van der Waals surface area (Å²) in [5, 5.41) is 10.3. The fourth-order valence-electron chi connectivity index (χ4n) is 1.95. The van der Waals surface area contributed by atoms with Crippen molar-refractivity contribution in [1.82, 2.24) is 20.4 Å². The van der Waals surface area contributed by atoms with Crippen molar-refractivity contribution >= 4 is 5.91 Å². The molecule has 2 aromatic rings. The molecule has 5 nitrogen and oxygen atoms in total. The summed E-state index contributed by atoms with van der Waals surface area (Å²) in [6.07, 6.45) is 4.62. The summed E-state index contributed by atoms with van der Waals surface area (Å²) < 4.78 is 1.82. The van der Waals surface area contributed by atoms with Gasteiger partial charge in [-0.05, 0) is 37.1 Å². The summed E-state index contributed by atoms with van der Waals surface area (Å²) >= 11 is 0. The zero-order chi connectivity index (χ0) is 15.1. The molecule has 1 heterocycles. The van der Waals surface area contributed by atoms with E-state index in [0.29, 0.717) is 6.54 Å². The van der Waals surface area contributed by atoms with Gasteiger partial charge in [0, 0.05) is 25.5 Å². The molecule has 112 valence electrons. The Bertz CT molecular complexity index is 548. The average molecular weight is 286 g/mol. The molecule has 0 aliphatic heterocycles. The third-order valence-corrected chi connectivity index (χ3v) is 3.26. The zero-order valence-electron chi connectivity index (χ0n) is 12.5. The van der Waals surface area contributed by atoms with E-state index in [1.807, 2.05) is 55.1 Å². The summed E-state index contributed by atoms with van der Waals surface area (Å²) in [5.41, 5.74) is 2.17. The summed E-state index contributed by atoms with van der Waals surface area (Å²) in [4.78, 5) is 11.7. The first-order chi connectivity index (χ1) is 10.2. The molecule has 2 N–H and O–H groups in total. The van der Waals surface area contributed by atoms with E-state index in [2.05, 4.69) is 15.7 Å². The number of aromatic nitrogens is 2. The number of carbonyl (C=O) groups is 1. The number of nitrogens with zero attached hydrogens (tertiary/aromatic N) is 2. The van der Waals surface area contributed by atoms with E-state index in [9.17, 15) is 4.79 Å². The minimum absolute atomic E-state index is 0.0463. The third-order valence-electron chi connectivity index (χ3n) is 3.26. The van der Waals surface area contributed by atoms with Gasteiger partial charge in [0.15, 0.2) is 0 Å². The number of carbonyl (C=O) groups excluding carboxylic acids is 1. The zero-order valence-corrected chi connectivity index (χ0v) is 12.5. The van der Waals surface area contributed by atoms with Crippen molar-refractivity contribution < 1.29 is 4.79 Å². The van der Waals surface area contributed by atoms with Crippen LogP contribution < -0.4 is 10.6 Å². The molecule has 5 heteroatoms. The minimum atomic E-state index is -0.192. The number of hydrogen-bond acceptors (Lipinski definition) is 3. The Morgan fingerprint density at radius 1 is 1.33 bits per heavy atom. The molecular weight excluding hydrogens is 264 g/mol. The van der Waals surface area contributed by atoms with Crippen LogP contribution in [0.2, 0.25) is 0 Å². The van der Waals surface area contributed by atoms with Gasteiger partial charge >= 0.3 is 0 Å². The molecule has 2 rings (SSSR count). The van der Waals surface area contributed by atoms with Gasteiger partial charge in [-0.2, -0.15) is 5.10 Å². The van der Waals surface area contributed by atoms with Gasteiger partial charge in [0.05, 0.1) is 11.7 Å². The molecule has 1 amide bonds. The Balaban J connectivity index is 1.85. The molecule has 0 bridgehead atoms. The minimum Gasteiger partial charge on any atom is -0.355 e. The molecule has 0 aliphatic carbocycles. The van der Waals surface area contributed by atoms with Gasteiger partial charge in [-0.15, -0.1) is 0 Å². The highest BCUT2D eigenvalue weighted by molar-refractivity contribution is 5.81. The van der Waals surface area contributed by atoms with Crippen LogP contribution >= 0.6 is 0 Å². The number of benzene rings is 1. The van der Waals surface area contributed by atoms with Gasteiger partial charge in [-0.1, -0.05) is 19.1 Å². The molecule has 0 saturated carbocycles. The Labute approximate surface area is 125 Å². The first-order valence-electron chi connectivity index (χ1n) is 7.30. The van der Waals surface area contributed by atoms with Crippen molar-refractivity contribution in [3.63, 3.8) is 0 Å². The first-order valence-corrected chi connectivity index (χ1v) is 7.30. The van der Waals surface area contributed by atoms with Gasteiger partial charge < -0.3 is 10.6 Å². The van der Waals surface area contributed by atoms with Crippen LogP contribution in [0.3, 0.4) is 0 Å². The average Bonchev–Trinajstić information content (AvgIpc) is 3.05. The van der Waals surface area contributed by atoms with Crippen molar-refractivity contribution in [2.45, 2.75) is 32.9 Å². The second kappa shape index (κ2) is 7.59. The summed E-state index contributed by atoms with van der Waals surface area (Å²) in [6.45, 7) is 5.31. The van der Waals surface area contributed by atoms with E-state index in [0.717, 1.165) is 24.2 Å². The van der Waals surface area contributed by atoms with Crippen LogP contribution in [0.15, 0.2) is 42.7 Å². The first kappa shape index (κ1) is 15.3. The van der Waals surface area contributed by atoms with Crippen molar-refractivity contribution in [2.75, 3.05) is 6.54 Å². The predicted octanol–water partition coefficient (Wildman–Crippen LogP) is 1.88. The Hall–Kier alpha value is -2.14. The Morgan fingerprint density at radius 3 is 2.71 bits per heavy atom. The molecule has 0 aliphatic rings. The lowest BCUT2D eigenvalue weighted by molar-refractivity contribution is -0.122. The van der Waals surface area contributed by atoms with Crippen molar-refractivity contribution in [3.05, 3.63) is 48.3 Å². The predicted molar refractivity (Wildman–Crippen MR) is 83.2 cm³/mol. The molecular formula is C16H22N4O. The maximum absolute atomic E-state index is 11.7. The van der Waals surface area contributed by atoms with Crippen LogP contribution in [0.5, 0.6) is 0 Å². The maximum atomic E-state index is 11.7. The van der Waals surface area contributed by atoms with Gasteiger partial charge in [0.25, 0.3) is 0 Å². The molecule has 1 atom stereocenters. The lowest BCUT2D eigenvalue weighted by Crippen LogP contribution is -2.42. The highest BCUT2D eigenvalue weighted by Crippen LogP contribution is 2.08. The normalized spacial score (nSPS) is 12.1. The van der Waals surface area contributed by atoms with Crippen molar-refractivity contribution in [1.29, 1.82) is 0 Å². The second-order valence-electron chi connectivity index (χ2n) is 5.01.